The fraction of sp³-hybridized carbons (Fsp3) is 0.500. The maximum absolute atomic E-state index is 11.7. The van der Waals surface area contributed by atoms with E-state index in [2.05, 4.69) is 38.5 Å². The number of pyridine rings is 1. The van der Waals surface area contributed by atoms with E-state index < -0.39 is 11.7 Å². The minimum Gasteiger partial charge on any atom is -0.444 e. The number of nitrogens with one attached hydrogen (secondary N) is 1. The number of carbonyl (C=O) groups is 1. The number of nitrogens with zero attached hydrogens (tertiary/aromatic N) is 2. The van der Waals surface area contributed by atoms with Gasteiger partial charge in [-0.1, -0.05) is 0 Å². The first-order valence-corrected chi connectivity index (χ1v) is 8.26. The molecule has 2 heterocycles. The number of fused-ring (bicyclic) bond motifs is 1. The van der Waals surface area contributed by atoms with Gasteiger partial charge in [-0.15, -0.1) is 0 Å². The SMILES string of the molecule is CC(C)(C)OC(=O)NCc1cc2cc(C3CC3)cc(Br)n2n1. The van der Waals surface area contributed by atoms with E-state index in [1.54, 1.807) is 0 Å². The summed E-state index contributed by atoms with van der Waals surface area (Å²) in [5, 5.41) is 7.23. The Morgan fingerprint density at radius 2 is 2.14 bits per heavy atom. The molecule has 1 fully saturated rings. The molecule has 0 spiro atoms. The van der Waals surface area contributed by atoms with Crippen molar-refractivity contribution in [2.75, 3.05) is 0 Å². The van der Waals surface area contributed by atoms with Crippen LogP contribution in [0.3, 0.4) is 0 Å². The van der Waals surface area contributed by atoms with Crippen LogP contribution in [-0.2, 0) is 11.3 Å². The van der Waals surface area contributed by atoms with Crippen LogP contribution in [0.25, 0.3) is 5.52 Å². The highest BCUT2D eigenvalue weighted by atomic mass is 79.9. The van der Waals surface area contributed by atoms with Crippen LogP contribution >= 0.6 is 15.9 Å². The number of rotatable bonds is 3. The van der Waals surface area contributed by atoms with E-state index >= 15 is 0 Å². The Labute approximate surface area is 138 Å². The molecule has 0 radical (unpaired) electrons. The lowest BCUT2D eigenvalue weighted by Gasteiger charge is -2.19. The van der Waals surface area contributed by atoms with Gasteiger partial charge >= 0.3 is 6.09 Å². The van der Waals surface area contributed by atoms with E-state index in [0.717, 1.165) is 15.8 Å². The average molecular weight is 366 g/mol. The molecule has 1 N–H and O–H groups in total. The third-order valence-corrected chi connectivity index (χ3v) is 4.02. The number of halogens is 1. The van der Waals surface area contributed by atoms with Gasteiger partial charge in [-0.05, 0) is 79.2 Å². The molecule has 118 valence electrons. The molecule has 5 nitrogen and oxygen atoms in total. The zero-order chi connectivity index (χ0) is 15.9. The number of ether oxygens (including phenoxy) is 1. The minimum absolute atomic E-state index is 0.349. The Morgan fingerprint density at radius 1 is 1.41 bits per heavy atom. The lowest BCUT2D eigenvalue weighted by molar-refractivity contribution is 0.0523. The van der Waals surface area contributed by atoms with Crippen molar-refractivity contribution in [3.8, 4) is 0 Å². The molecular weight excluding hydrogens is 346 g/mol. The van der Waals surface area contributed by atoms with Crippen molar-refractivity contribution in [1.29, 1.82) is 0 Å². The monoisotopic (exact) mass is 365 g/mol. The highest BCUT2D eigenvalue weighted by Gasteiger charge is 2.24. The fourth-order valence-electron chi connectivity index (χ4n) is 2.35. The van der Waals surface area contributed by atoms with E-state index in [1.165, 1.54) is 18.4 Å². The predicted molar refractivity (Wildman–Crippen MR) is 87.9 cm³/mol. The van der Waals surface area contributed by atoms with Crippen LogP contribution in [0.1, 0.15) is 50.8 Å². The predicted octanol–water partition coefficient (Wildman–Crippen LogP) is 4.00. The lowest BCUT2D eigenvalue weighted by atomic mass is 10.1. The third kappa shape index (κ3) is 3.61. The summed E-state index contributed by atoms with van der Waals surface area (Å²) in [5.41, 5.74) is 2.70. The van der Waals surface area contributed by atoms with Crippen molar-refractivity contribution in [1.82, 2.24) is 14.9 Å². The van der Waals surface area contributed by atoms with Crippen LogP contribution in [0.5, 0.6) is 0 Å². The van der Waals surface area contributed by atoms with E-state index in [1.807, 2.05) is 31.4 Å². The molecule has 2 aromatic heterocycles. The van der Waals surface area contributed by atoms with Crippen molar-refractivity contribution < 1.29 is 9.53 Å². The first-order chi connectivity index (χ1) is 10.3. The first kappa shape index (κ1) is 15.3. The molecule has 0 saturated heterocycles. The maximum atomic E-state index is 11.7. The van der Waals surface area contributed by atoms with Gasteiger partial charge in [-0.3, -0.25) is 0 Å². The Balaban J connectivity index is 1.72. The summed E-state index contributed by atoms with van der Waals surface area (Å²) in [4.78, 5) is 11.7. The van der Waals surface area contributed by atoms with Crippen LogP contribution in [0.2, 0.25) is 0 Å². The molecule has 2 aromatic rings. The summed E-state index contributed by atoms with van der Waals surface area (Å²) in [6, 6.07) is 6.29. The fourth-order valence-corrected chi connectivity index (χ4v) is 2.90. The molecule has 0 unspecified atom stereocenters. The van der Waals surface area contributed by atoms with E-state index in [0.29, 0.717) is 12.5 Å². The van der Waals surface area contributed by atoms with Crippen molar-refractivity contribution in [2.24, 2.45) is 0 Å². The summed E-state index contributed by atoms with van der Waals surface area (Å²) in [7, 11) is 0. The van der Waals surface area contributed by atoms with Crippen LogP contribution in [0, 0.1) is 0 Å². The summed E-state index contributed by atoms with van der Waals surface area (Å²) in [6.07, 6.45) is 2.11. The summed E-state index contributed by atoms with van der Waals surface area (Å²) < 4.78 is 8.01. The van der Waals surface area contributed by atoms with E-state index in [-0.39, 0.29) is 0 Å². The smallest absolute Gasteiger partial charge is 0.407 e. The van der Waals surface area contributed by atoms with Crippen molar-refractivity contribution in [2.45, 2.75) is 51.7 Å². The molecule has 0 atom stereocenters. The van der Waals surface area contributed by atoms with E-state index in [9.17, 15) is 4.79 Å². The third-order valence-electron chi connectivity index (χ3n) is 3.45. The topological polar surface area (TPSA) is 55.6 Å². The highest BCUT2D eigenvalue weighted by Crippen LogP contribution is 2.41. The van der Waals surface area contributed by atoms with Crippen LogP contribution in [-0.4, -0.2) is 21.3 Å². The molecule has 1 saturated carbocycles. The van der Waals surface area contributed by atoms with Crippen LogP contribution in [0.15, 0.2) is 22.8 Å². The van der Waals surface area contributed by atoms with Gasteiger partial charge in [0.05, 0.1) is 17.8 Å². The van der Waals surface area contributed by atoms with Gasteiger partial charge in [-0.2, -0.15) is 5.10 Å². The molecule has 3 rings (SSSR count). The molecule has 1 aliphatic carbocycles. The minimum atomic E-state index is -0.495. The van der Waals surface area contributed by atoms with Gasteiger partial charge in [-0.25, -0.2) is 9.31 Å². The number of carbonyl (C=O) groups excluding carboxylic acids is 1. The Bertz CT molecular complexity index is 714. The number of aromatic nitrogens is 2. The molecule has 6 heteroatoms. The second-order valence-electron chi connectivity index (χ2n) is 6.71. The van der Waals surface area contributed by atoms with Gasteiger partial charge < -0.3 is 10.1 Å². The Morgan fingerprint density at radius 3 is 2.77 bits per heavy atom. The van der Waals surface area contributed by atoms with Gasteiger partial charge in [0.2, 0.25) is 0 Å². The molecule has 1 aliphatic rings. The quantitative estimate of drug-likeness (QED) is 0.836. The molecule has 0 aliphatic heterocycles. The summed E-state index contributed by atoms with van der Waals surface area (Å²) in [6.45, 7) is 5.87. The standard InChI is InChI=1S/C16H20BrN3O2/c1-16(2,3)22-15(21)18-9-12-8-13-6-11(10-4-5-10)7-14(17)20(13)19-12/h6-8,10H,4-5,9H2,1-3H3,(H,18,21). The largest absolute Gasteiger partial charge is 0.444 e. The first-order valence-electron chi connectivity index (χ1n) is 7.47. The maximum Gasteiger partial charge on any atom is 0.407 e. The summed E-state index contributed by atoms with van der Waals surface area (Å²) in [5.74, 6) is 0.694. The van der Waals surface area contributed by atoms with E-state index in [4.69, 9.17) is 4.74 Å². The highest BCUT2D eigenvalue weighted by molar-refractivity contribution is 9.10. The zero-order valence-corrected chi connectivity index (χ0v) is 14.6. The second kappa shape index (κ2) is 5.57. The van der Waals surface area contributed by atoms with Crippen LogP contribution < -0.4 is 5.32 Å². The number of hydrogen-bond acceptors (Lipinski definition) is 3. The zero-order valence-electron chi connectivity index (χ0n) is 13.0. The summed E-state index contributed by atoms with van der Waals surface area (Å²) >= 11 is 3.57. The number of amides is 1. The molecule has 22 heavy (non-hydrogen) atoms. The van der Waals surface area contributed by atoms with Gasteiger partial charge in [0.25, 0.3) is 0 Å². The lowest BCUT2D eigenvalue weighted by Crippen LogP contribution is -2.32. The van der Waals surface area contributed by atoms with Crippen molar-refractivity contribution in [3.05, 3.63) is 34.1 Å². The van der Waals surface area contributed by atoms with Gasteiger partial charge in [0.15, 0.2) is 0 Å². The van der Waals surface area contributed by atoms with Crippen molar-refractivity contribution in [3.63, 3.8) is 0 Å². The number of alkyl carbamates (subject to hydrolysis) is 1. The van der Waals surface area contributed by atoms with Gasteiger partial charge in [0.1, 0.15) is 10.2 Å². The van der Waals surface area contributed by atoms with Crippen molar-refractivity contribution >= 4 is 27.5 Å². The molecule has 1 amide bonds. The molecular formula is C16H20BrN3O2. The normalized spacial score (nSPS) is 15.1. The Hall–Kier alpha value is -1.56. The average Bonchev–Trinajstić information content (AvgIpc) is 3.15. The van der Waals surface area contributed by atoms with Crippen LogP contribution in [0.4, 0.5) is 4.79 Å². The van der Waals surface area contributed by atoms with Gasteiger partial charge in [0, 0.05) is 0 Å². The molecule has 0 aromatic carbocycles. The number of hydrogen-bond donors (Lipinski definition) is 1. The second-order valence-corrected chi connectivity index (χ2v) is 7.53. The molecule has 0 bridgehead atoms. The Kier molecular flexibility index (Phi) is 3.89.